The third-order valence-electron chi connectivity index (χ3n) is 7.97. The zero-order valence-corrected chi connectivity index (χ0v) is 35.1. The van der Waals surface area contributed by atoms with Crippen molar-refractivity contribution in [3.8, 4) is 11.3 Å². The average Bonchev–Trinajstić information content (AvgIpc) is 3.19. The Labute approximate surface area is 358 Å². The molecule has 0 unspecified atom stereocenters. The number of nitrogens with two attached hydrogens (primary N) is 1. The lowest BCUT2D eigenvalue weighted by Crippen LogP contribution is -2.30. The van der Waals surface area contributed by atoms with Gasteiger partial charge in [0.2, 0.25) is 12.4 Å². The van der Waals surface area contributed by atoms with Crippen LogP contribution in [-0.4, -0.2) is 92.2 Å². The van der Waals surface area contributed by atoms with Gasteiger partial charge in [0.1, 0.15) is 23.3 Å². The molecule has 0 aliphatic carbocycles. The number of carbonyl (C=O) groups excluding carboxylic acids is 2. The number of ketones is 2. The zero-order valence-electron chi connectivity index (χ0n) is 35.1. The fourth-order valence-electron chi connectivity index (χ4n) is 5.32. The number of fused-ring (bicyclic) bond motifs is 1. The molecule has 0 spiro atoms. The second kappa shape index (κ2) is 22.9. The van der Waals surface area contributed by atoms with Gasteiger partial charge in [-0.3, -0.25) is 14.5 Å². The van der Waals surface area contributed by atoms with Crippen LogP contribution in [0.4, 0.5) is 64.5 Å². The molecule has 0 aliphatic heterocycles. The van der Waals surface area contributed by atoms with Crippen LogP contribution in [0.3, 0.4) is 0 Å². The summed E-state index contributed by atoms with van der Waals surface area (Å²) in [6.07, 6.45) is -12.2. The van der Waals surface area contributed by atoms with Crippen LogP contribution in [0.5, 0.6) is 0 Å². The van der Waals surface area contributed by atoms with Gasteiger partial charge in [0.25, 0.3) is 0 Å². The van der Waals surface area contributed by atoms with Gasteiger partial charge in [-0.05, 0) is 69.6 Å². The van der Waals surface area contributed by atoms with E-state index in [4.69, 9.17) is 15.2 Å². The number of allylic oxidation sites excluding steroid dienone is 1. The molecule has 0 saturated carbocycles. The first kappa shape index (κ1) is 53.8. The lowest BCUT2D eigenvalue weighted by molar-refractivity contribution is -0.179. The zero-order chi connectivity index (χ0) is 48.9. The Balaban J connectivity index is 0.000000313. The molecule has 0 saturated heterocycles. The van der Waals surface area contributed by atoms with Crippen LogP contribution in [0.25, 0.3) is 22.3 Å². The maximum atomic E-state index is 14.1. The van der Waals surface area contributed by atoms with E-state index in [2.05, 4.69) is 20.3 Å². The van der Waals surface area contributed by atoms with Crippen molar-refractivity contribution >= 4 is 34.4 Å². The number of nitrogens with one attached hydrogen (secondary N) is 1. The number of benzene rings is 3. The van der Waals surface area contributed by atoms with Gasteiger partial charge in [0, 0.05) is 53.2 Å². The van der Waals surface area contributed by atoms with Crippen LogP contribution in [-0.2, 0) is 28.0 Å². The number of methoxy groups -OCH3 is 2. The van der Waals surface area contributed by atoms with Gasteiger partial charge in [-0.25, -0.2) is 18.2 Å². The number of aromatic nitrogens is 3. The maximum absolute atomic E-state index is 14.1. The van der Waals surface area contributed by atoms with Crippen molar-refractivity contribution in [2.45, 2.75) is 31.9 Å². The number of rotatable bonds is 9. The number of nitrogens with zero attached hydrogens (tertiary/aromatic N) is 5. The highest BCUT2D eigenvalue weighted by Crippen LogP contribution is 2.39. The fourth-order valence-corrected chi connectivity index (χ4v) is 5.32. The van der Waals surface area contributed by atoms with Crippen molar-refractivity contribution in [3.63, 3.8) is 0 Å². The molecule has 2 heterocycles. The van der Waals surface area contributed by atoms with E-state index >= 15 is 0 Å². The minimum absolute atomic E-state index is 0.0701. The highest BCUT2D eigenvalue weighted by Gasteiger charge is 2.38. The lowest BCUT2D eigenvalue weighted by Gasteiger charge is -2.19. The van der Waals surface area contributed by atoms with E-state index < -0.39 is 80.9 Å². The van der Waals surface area contributed by atoms with Crippen molar-refractivity contribution < 1.29 is 71.7 Å². The molecule has 348 valence electrons. The summed E-state index contributed by atoms with van der Waals surface area (Å²) < 4.78 is 164. The minimum atomic E-state index is -4.76. The Bertz CT molecular complexity index is 2400. The highest BCUT2D eigenvalue weighted by atomic mass is 19.4. The average molecular weight is 924 g/mol. The molecular formula is C41H41F12N7O4. The number of pyridine rings is 1. The fraction of sp³-hybridized carbons (Fsp3) is 0.293. The molecule has 0 bridgehead atoms. The molecule has 0 aliphatic rings. The number of hydrogen-bond donors (Lipinski definition) is 2. The molecule has 2 aromatic heterocycles. The monoisotopic (exact) mass is 923 g/mol. The first-order valence-corrected chi connectivity index (χ1v) is 17.9. The minimum Gasteiger partial charge on any atom is -0.383 e. The molecule has 3 aromatic carbocycles. The van der Waals surface area contributed by atoms with Crippen molar-refractivity contribution in [2.75, 3.05) is 60.5 Å². The van der Waals surface area contributed by atoms with E-state index in [1.165, 1.54) is 23.2 Å². The Kier molecular flexibility index (Phi) is 19.2. The second-order valence-electron chi connectivity index (χ2n) is 13.2. The predicted molar refractivity (Wildman–Crippen MR) is 213 cm³/mol. The molecule has 0 atom stereocenters. The Hall–Kier alpha value is -6.33. The normalized spacial score (nSPS) is 11.7. The number of nitrogen functional groups attached to an aromatic ring is 1. The summed E-state index contributed by atoms with van der Waals surface area (Å²) in [4.78, 5) is 37.6. The van der Waals surface area contributed by atoms with Crippen LogP contribution in [0, 0.1) is 17.5 Å². The van der Waals surface area contributed by atoms with Gasteiger partial charge >= 0.3 is 18.5 Å². The topological polar surface area (TPSA) is 136 Å². The van der Waals surface area contributed by atoms with Crippen molar-refractivity contribution in [1.29, 1.82) is 0 Å². The number of Topliss-reactive ketones (excluding diaryl/α,β-unsaturated/α-hetero) is 1. The van der Waals surface area contributed by atoms with E-state index in [1.54, 1.807) is 35.4 Å². The standard InChI is InChI=1S/C15H11F4N5.C12H11F4NO.C9H6F4O.C5H13NO2/c1-21-12-7-5-6-10(22-13(7)24-14(20)23-12)11-8(15(17,18)19)3-2-4-9(11)16;1-17(2)7-6-10(18)11-8(12(14,15)16)4-3-5-9(11)13;1-5(14)8-6(9(11,12)13)3-2-4-7(8)10;1-6(2)5(7-3)8-4/h2-6H,1H3,(H3,20,21,22,23,24);3-7H,1-2H3;2-4H,1H3;5H,1-4H3/b;7-6+;;. The number of anilines is 2. The molecular weight excluding hydrogens is 882 g/mol. The molecule has 3 N–H and O–H groups in total. The van der Waals surface area contributed by atoms with Crippen LogP contribution >= 0.6 is 0 Å². The predicted octanol–water partition coefficient (Wildman–Crippen LogP) is 9.75. The summed E-state index contributed by atoms with van der Waals surface area (Å²) in [7, 11) is 11.8. The first-order valence-electron chi connectivity index (χ1n) is 17.9. The molecule has 0 fully saturated rings. The van der Waals surface area contributed by atoms with E-state index in [0.717, 1.165) is 55.5 Å². The smallest absolute Gasteiger partial charge is 0.383 e. The molecule has 5 rings (SSSR count). The first-order chi connectivity index (χ1) is 29.6. The number of hydrogen-bond acceptors (Lipinski definition) is 11. The van der Waals surface area contributed by atoms with Gasteiger partial charge in [0.05, 0.1) is 38.9 Å². The lowest BCUT2D eigenvalue weighted by atomic mass is 10.0. The van der Waals surface area contributed by atoms with E-state index in [-0.39, 0.29) is 23.7 Å². The van der Waals surface area contributed by atoms with E-state index in [1.807, 2.05) is 19.0 Å². The van der Waals surface area contributed by atoms with E-state index in [9.17, 15) is 62.3 Å². The van der Waals surface area contributed by atoms with Gasteiger partial charge in [0.15, 0.2) is 17.2 Å². The van der Waals surface area contributed by atoms with E-state index in [0.29, 0.717) is 23.3 Å². The number of carbonyl (C=O) groups is 2. The molecule has 23 heteroatoms. The van der Waals surface area contributed by atoms with Gasteiger partial charge in [-0.2, -0.15) is 49.5 Å². The summed E-state index contributed by atoms with van der Waals surface area (Å²) >= 11 is 0. The summed E-state index contributed by atoms with van der Waals surface area (Å²) in [5.41, 5.74) is -0.648. The Morgan fingerprint density at radius 2 is 1.16 bits per heavy atom. The largest absolute Gasteiger partial charge is 0.417 e. The van der Waals surface area contributed by atoms with Crippen LogP contribution < -0.4 is 11.1 Å². The summed E-state index contributed by atoms with van der Waals surface area (Å²) in [6, 6.07) is 10.4. The molecule has 0 amide bonds. The SMILES string of the molecule is CC(=O)c1c(F)cccc1C(F)(F)F.CN(C)/C=C/C(=O)c1c(F)cccc1C(F)(F)F.CNc1nc(N)nc2nc(-c3c(F)cccc3C(F)(F)F)ccc12.COC(OC)N(C)C. The van der Waals surface area contributed by atoms with Gasteiger partial charge < -0.3 is 25.4 Å². The third-order valence-corrected chi connectivity index (χ3v) is 7.97. The Morgan fingerprint density at radius 3 is 1.56 bits per heavy atom. The summed E-state index contributed by atoms with van der Waals surface area (Å²) in [5.74, 6) is -5.02. The molecule has 0 radical (unpaired) electrons. The molecule has 64 heavy (non-hydrogen) atoms. The highest BCUT2D eigenvalue weighted by molar-refractivity contribution is 6.06. The van der Waals surface area contributed by atoms with Crippen molar-refractivity contribution in [3.05, 3.63) is 124 Å². The summed E-state index contributed by atoms with van der Waals surface area (Å²) in [6.45, 7) is 0.896. The molecule has 5 aromatic rings. The third kappa shape index (κ3) is 14.9. The number of halogens is 12. The van der Waals surface area contributed by atoms with Crippen LogP contribution in [0.1, 0.15) is 44.3 Å². The second-order valence-corrected chi connectivity index (χ2v) is 13.2. The van der Waals surface area contributed by atoms with Gasteiger partial charge in [-0.1, -0.05) is 18.2 Å². The summed E-state index contributed by atoms with van der Waals surface area (Å²) in [5, 5.41) is 3.25. The quantitative estimate of drug-likeness (QED) is 0.0633. The Morgan fingerprint density at radius 1 is 0.688 bits per heavy atom. The van der Waals surface area contributed by atoms with Crippen LogP contribution in [0.15, 0.2) is 79.0 Å². The number of alkyl halides is 9. The maximum Gasteiger partial charge on any atom is 0.417 e. The molecule has 11 nitrogen and oxygen atoms in total. The number of ether oxygens (including phenoxy) is 2. The van der Waals surface area contributed by atoms with Crippen LogP contribution in [0.2, 0.25) is 0 Å². The van der Waals surface area contributed by atoms with Crippen molar-refractivity contribution in [1.82, 2.24) is 24.8 Å². The van der Waals surface area contributed by atoms with Gasteiger partial charge in [-0.15, -0.1) is 0 Å². The van der Waals surface area contributed by atoms with Crippen molar-refractivity contribution in [2.24, 2.45) is 0 Å².